The van der Waals surface area contributed by atoms with E-state index in [1.807, 2.05) is 0 Å². The second-order valence-corrected chi connectivity index (χ2v) is 11.1. The van der Waals surface area contributed by atoms with Crippen LogP contribution in [0.3, 0.4) is 0 Å². The van der Waals surface area contributed by atoms with E-state index in [1.54, 1.807) is 39.8 Å². The predicted octanol–water partition coefficient (Wildman–Crippen LogP) is 3.76. The summed E-state index contributed by atoms with van der Waals surface area (Å²) in [6.45, 7) is 7.67. The Balaban J connectivity index is 1.15. The molecule has 210 valence electrons. The van der Waals surface area contributed by atoms with Crippen molar-refractivity contribution in [1.82, 2.24) is 19.4 Å². The van der Waals surface area contributed by atoms with Gasteiger partial charge in [-0.15, -0.1) is 0 Å². The van der Waals surface area contributed by atoms with Crippen LogP contribution in [0.4, 0.5) is 4.79 Å². The van der Waals surface area contributed by atoms with Gasteiger partial charge in [0.25, 0.3) is 11.3 Å². The van der Waals surface area contributed by atoms with Crippen LogP contribution >= 0.6 is 0 Å². The second-order valence-electron chi connectivity index (χ2n) is 11.1. The van der Waals surface area contributed by atoms with Crippen molar-refractivity contribution in [2.75, 3.05) is 26.2 Å². The Hall–Kier alpha value is -4.31. The molecule has 0 aliphatic carbocycles. The summed E-state index contributed by atoms with van der Waals surface area (Å²) in [6.07, 6.45) is 7.09. The molecule has 10 nitrogen and oxygen atoms in total. The first-order valence-electron chi connectivity index (χ1n) is 14.2. The predicted molar refractivity (Wildman–Crippen MR) is 151 cm³/mol. The maximum absolute atomic E-state index is 13.3. The molecule has 0 unspecified atom stereocenters. The number of esters is 1. The number of carbonyl (C=O) groups is 3. The van der Waals surface area contributed by atoms with Gasteiger partial charge in [0.05, 0.1) is 29.0 Å². The minimum Gasteiger partial charge on any atom is -0.455 e. The number of pyridine rings is 2. The van der Waals surface area contributed by atoms with Crippen molar-refractivity contribution in [3.63, 3.8) is 0 Å². The Morgan fingerprint density at radius 2 is 1.80 bits per heavy atom. The van der Waals surface area contributed by atoms with E-state index in [1.165, 1.54) is 19.3 Å². The molecule has 4 aliphatic rings. The SMILES string of the molecule is C=Cc1c2c(nc3ccc(OC(=O)N4CCC(N5CCCCC5)CC4)cc13)-c1cc3c(c(=O)n1C2)COC(=O)C3=O. The van der Waals surface area contributed by atoms with Crippen molar-refractivity contribution in [2.45, 2.75) is 51.3 Å². The topological polar surface area (TPSA) is 111 Å². The van der Waals surface area contributed by atoms with Gasteiger partial charge in [-0.3, -0.25) is 9.59 Å². The van der Waals surface area contributed by atoms with Gasteiger partial charge in [-0.25, -0.2) is 14.6 Å². The number of Topliss-reactive ketones (excluding diaryl/α,β-unsaturated/α-hetero) is 1. The zero-order valence-corrected chi connectivity index (χ0v) is 22.7. The van der Waals surface area contributed by atoms with Crippen LogP contribution in [-0.2, 0) is 22.7 Å². The lowest BCUT2D eigenvalue weighted by Crippen LogP contribution is -2.48. The summed E-state index contributed by atoms with van der Waals surface area (Å²) in [5.74, 6) is -1.38. The van der Waals surface area contributed by atoms with Gasteiger partial charge in [0.2, 0.25) is 0 Å². The van der Waals surface area contributed by atoms with E-state index in [0.717, 1.165) is 42.4 Å². The molecule has 0 bridgehead atoms. The lowest BCUT2D eigenvalue weighted by atomic mass is 9.99. The first-order chi connectivity index (χ1) is 19.9. The highest BCUT2D eigenvalue weighted by molar-refractivity contribution is 6.41. The van der Waals surface area contributed by atoms with E-state index in [0.29, 0.717) is 41.8 Å². The average molecular weight is 555 g/mol. The summed E-state index contributed by atoms with van der Waals surface area (Å²) < 4.78 is 12.2. The van der Waals surface area contributed by atoms with Gasteiger partial charge in [0, 0.05) is 35.6 Å². The van der Waals surface area contributed by atoms with Gasteiger partial charge in [-0.2, -0.15) is 0 Å². The van der Waals surface area contributed by atoms with Crippen molar-refractivity contribution in [3.05, 3.63) is 63.5 Å². The van der Waals surface area contributed by atoms with Crippen molar-refractivity contribution in [3.8, 4) is 17.1 Å². The number of hydrogen-bond acceptors (Lipinski definition) is 8. The molecule has 2 aromatic heterocycles. The maximum Gasteiger partial charge on any atom is 0.415 e. The molecule has 3 aromatic rings. The number of cyclic esters (lactones) is 1. The molecule has 0 spiro atoms. The van der Waals surface area contributed by atoms with Crippen molar-refractivity contribution < 1.29 is 23.9 Å². The summed E-state index contributed by atoms with van der Waals surface area (Å²) in [6, 6.07) is 7.36. The number of aromatic nitrogens is 2. The zero-order valence-electron chi connectivity index (χ0n) is 22.7. The highest BCUT2D eigenvalue weighted by Crippen LogP contribution is 2.38. The van der Waals surface area contributed by atoms with Gasteiger partial charge in [-0.05, 0) is 68.6 Å². The number of benzene rings is 1. The Kier molecular flexibility index (Phi) is 6.23. The number of hydrogen-bond donors (Lipinski definition) is 0. The number of ether oxygens (including phenoxy) is 2. The molecular weight excluding hydrogens is 524 g/mol. The number of fused-ring (bicyclic) bond motifs is 5. The van der Waals surface area contributed by atoms with Crippen molar-refractivity contribution in [1.29, 1.82) is 0 Å². The Morgan fingerprint density at radius 1 is 1.02 bits per heavy atom. The Labute approximate surface area is 236 Å². The van der Waals surface area contributed by atoms with Crippen LogP contribution in [0.2, 0.25) is 0 Å². The molecule has 41 heavy (non-hydrogen) atoms. The lowest BCUT2D eigenvalue weighted by molar-refractivity contribution is -0.140. The van der Waals surface area contributed by atoms with Crippen molar-refractivity contribution in [2.24, 2.45) is 0 Å². The quantitative estimate of drug-likeness (QED) is 0.278. The van der Waals surface area contributed by atoms with E-state index in [2.05, 4.69) is 11.5 Å². The molecule has 7 rings (SSSR count). The second kappa shape index (κ2) is 9.95. The molecule has 0 atom stereocenters. The lowest BCUT2D eigenvalue weighted by Gasteiger charge is -2.39. The Bertz CT molecular complexity index is 1700. The van der Waals surface area contributed by atoms with Crippen molar-refractivity contribution >= 4 is 34.8 Å². The molecular formula is C31H30N4O6. The molecule has 0 radical (unpaired) electrons. The van der Waals surface area contributed by atoms with Crippen LogP contribution < -0.4 is 10.3 Å². The van der Waals surface area contributed by atoms with Gasteiger partial charge >= 0.3 is 12.1 Å². The van der Waals surface area contributed by atoms with E-state index >= 15 is 0 Å². The molecule has 0 saturated carbocycles. The smallest absolute Gasteiger partial charge is 0.415 e. The number of rotatable bonds is 3. The third-order valence-corrected chi connectivity index (χ3v) is 8.88. The number of likely N-dealkylation sites (tertiary alicyclic amines) is 2. The van der Waals surface area contributed by atoms with Gasteiger partial charge in [0.1, 0.15) is 12.4 Å². The maximum atomic E-state index is 13.3. The first kappa shape index (κ1) is 25.6. The van der Waals surface area contributed by atoms with Crippen LogP contribution in [-0.4, -0.2) is 69.4 Å². The summed E-state index contributed by atoms with van der Waals surface area (Å²) in [7, 11) is 0. The van der Waals surface area contributed by atoms with E-state index in [4.69, 9.17) is 14.5 Å². The van der Waals surface area contributed by atoms with E-state index in [9.17, 15) is 19.2 Å². The fraction of sp³-hybridized carbons (Fsp3) is 0.387. The monoisotopic (exact) mass is 554 g/mol. The third kappa shape index (κ3) is 4.24. The molecule has 6 heterocycles. The molecule has 1 amide bonds. The molecule has 0 N–H and O–H groups in total. The zero-order chi connectivity index (χ0) is 28.2. The molecule has 2 saturated heterocycles. The largest absolute Gasteiger partial charge is 0.455 e. The number of nitrogens with zero attached hydrogens (tertiary/aromatic N) is 4. The number of piperidine rings is 2. The van der Waals surface area contributed by atoms with Gasteiger partial charge in [0.15, 0.2) is 0 Å². The van der Waals surface area contributed by atoms with Gasteiger partial charge < -0.3 is 23.8 Å². The fourth-order valence-corrected chi connectivity index (χ4v) is 6.69. The van der Waals surface area contributed by atoms with E-state index < -0.39 is 11.8 Å². The first-order valence-corrected chi connectivity index (χ1v) is 14.2. The number of amides is 1. The standard InChI is InChI=1S/C31H30N4O6/c1-2-20-21-14-19(41-31(39)34-12-8-18(9-13-34)33-10-4-3-5-11-33)6-7-25(21)32-27-23(20)16-35-26(27)15-22-24(29(35)37)17-40-30(38)28(22)36/h2,6-7,14-15,18H,1,3-5,8-13,16-17H2. The van der Waals surface area contributed by atoms with Crippen LogP contribution in [0.1, 0.15) is 59.2 Å². The third-order valence-electron chi connectivity index (χ3n) is 8.88. The highest BCUT2D eigenvalue weighted by Gasteiger charge is 2.34. The molecule has 4 aliphatic heterocycles. The molecule has 1 aromatic carbocycles. The minimum absolute atomic E-state index is 0.0645. The van der Waals surface area contributed by atoms with E-state index in [-0.39, 0.29) is 35.9 Å². The van der Waals surface area contributed by atoms with Gasteiger partial charge in [-0.1, -0.05) is 19.1 Å². The minimum atomic E-state index is -0.966. The summed E-state index contributed by atoms with van der Waals surface area (Å²) in [5.41, 5.74) is 3.05. The van der Waals surface area contributed by atoms with Crippen LogP contribution in [0.15, 0.2) is 35.6 Å². The number of carbonyl (C=O) groups excluding carboxylic acids is 3. The summed E-state index contributed by atoms with van der Waals surface area (Å²) in [4.78, 5) is 59.7. The highest BCUT2D eigenvalue weighted by atomic mass is 16.6. The van der Waals surface area contributed by atoms with Crippen LogP contribution in [0.5, 0.6) is 5.75 Å². The van der Waals surface area contributed by atoms with Crippen LogP contribution in [0, 0.1) is 0 Å². The normalized spacial score (nSPS) is 19.0. The van der Waals surface area contributed by atoms with Crippen LogP contribution in [0.25, 0.3) is 28.4 Å². The summed E-state index contributed by atoms with van der Waals surface area (Å²) in [5, 5.41) is 0.744. The fourth-order valence-electron chi connectivity index (χ4n) is 6.69. The average Bonchev–Trinajstić information content (AvgIpc) is 3.37. The molecule has 2 fully saturated rings. The number of ketones is 1. The molecule has 10 heteroatoms. The Morgan fingerprint density at radius 3 is 2.56 bits per heavy atom. The summed E-state index contributed by atoms with van der Waals surface area (Å²) >= 11 is 0.